The number of pyridine rings is 1. The van der Waals surface area contributed by atoms with E-state index in [1.807, 2.05) is 12.1 Å². The minimum atomic E-state index is -3.47. The summed E-state index contributed by atoms with van der Waals surface area (Å²) < 4.78 is 26.6. The number of carbonyl (C=O) groups is 1. The van der Waals surface area contributed by atoms with Crippen LogP contribution in [0.1, 0.15) is 36.0 Å². The highest BCUT2D eigenvalue weighted by molar-refractivity contribution is 7.89. The minimum absolute atomic E-state index is 0.225. The predicted octanol–water partition coefficient (Wildman–Crippen LogP) is 2.72. The first-order valence-corrected chi connectivity index (χ1v) is 11.1. The zero-order valence-corrected chi connectivity index (χ0v) is 16.5. The fourth-order valence-electron chi connectivity index (χ4n) is 3.65. The molecule has 1 aromatic carbocycles. The summed E-state index contributed by atoms with van der Waals surface area (Å²) >= 11 is 0. The summed E-state index contributed by atoms with van der Waals surface area (Å²) in [5.41, 5.74) is 1.02. The monoisotopic (exact) mass is 400 g/mol. The van der Waals surface area contributed by atoms with Gasteiger partial charge in [-0.05, 0) is 62.1 Å². The Balaban J connectivity index is 1.42. The third-order valence-electron chi connectivity index (χ3n) is 5.26. The summed E-state index contributed by atoms with van der Waals surface area (Å²) in [6.07, 6.45) is 5.81. The van der Waals surface area contributed by atoms with Crippen molar-refractivity contribution in [2.24, 2.45) is 0 Å². The number of anilines is 2. The van der Waals surface area contributed by atoms with Crippen molar-refractivity contribution in [1.82, 2.24) is 9.29 Å². The highest BCUT2D eigenvalue weighted by Crippen LogP contribution is 2.22. The van der Waals surface area contributed by atoms with Gasteiger partial charge in [0.2, 0.25) is 10.0 Å². The van der Waals surface area contributed by atoms with Crippen LogP contribution >= 0.6 is 0 Å². The lowest BCUT2D eigenvalue weighted by atomic mass is 10.2. The van der Waals surface area contributed by atoms with Gasteiger partial charge in [0.25, 0.3) is 5.91 Å². The quantitative estimate of drug-likeness (QED) is 0.834. The van der Waals surface area contributed by atoms with Crippen LogP contribution in [0.2, 0.25) is 0 Å². The van der Waals surface area contributed by atoms with Gasteiger partial charge in [0.1, 0.15) is 5.82 Å². The Morgan fingerprint density at radius 3 is 2.14 bits per heavy atom. The van der Waals surface area contributed by atoms with Crippen molar-refractivity contribution < 1.29 is 13.2 Å². The molecule has 2 saturated heterocycles. The summed E-state index contributed by atoms with van der Waals surface area (Å²) in [7, 11) is -3.47. The first-order valence-electron chi connectivity index (χ1n) is 9.67. The molecule has 2 aliphatic rings. The Labute approximate surface area is 165 Å². The molecule has 2 fully saturated rings. The van der Waals surface area contributed by atoms with E-state index in [0.717, 1.165) is 31.7 Å². The number of hydrogen-bond acceptors (Lipinski definition) is 5. The standard InChI is InChI=1S/C20H24N4O3S/c25-20(22-17-7-10-19(21-15-17)23-11-1-2-12-23)16-5-8-18(9-6-16)28(26,27)24-13-3-4-14-24/h5-10,15H,1-4,11-14H2,(H,22,25). The van der Waals surface area contributed by atoms with Crippen molar-refractivity contribution in [2.75, 3.05) is 36.4 Å². The molecular formula is C20H24N4O3S. The molecule has 8 heteroatoms. The number of nitrogens with one attached hydrogen (secondary N) is 1. The Bertz CT molecular complexity index is 930. The lowest BCUT2D eigenvalue weighted by molar-refractivity contribution is 0.102. The average molecular weight is 401 g/mol. The number of benzene rings is 1. The summed E-state index contributed by atoms with van der Waals surface area (Å²) in [6.45, 7) is 3.16. The highest BCUT2D eigenvalue weighted by atomic mass is 32.2. The van der Waals surface area contributed by atoms with Crippen molar-refractivity contribution in [2.45, 2.75) is 30.6 Å². The van der Waals surface area contributed by atoms with Crippen LogP contribution in [0.15, 0.2) is 47.5 Å². The lowest BCUT2D eigenvalue weighted by Gasteiger charge is -2.16. The predicted molar refractivity (Wildman–Crippen MR) is 108 cm³/mol. The fourth-order valence-corrected chi connectivity index (χ4v) is 5.17. The number of rotatable bonds is 5. The van der Waals surface area contributed by atoms with Crippen LogP contribution in [0, 0.1) is 0 Å². The van der Waals surface area contributed by atoms with E-state index in [2.05, 4.69) is 15.2 Å². The summed E-state index contributed by atoms with van der Waals surface area (Å²) in [6, 6.07) is 9.83. The fraction of sp³-hybridized carbons (Fsp3) is 0.400. The number of aromatic nitrogens is 1. The van der Waals surface area contributed by atoms with Gasteiger partial charge in [-0.3, -0.25) is 4.79 Å². The van der Waals surface area contributed by atoms with Gasteiger partial charge in [0.05, 0.1) is 16.8 Å². The largest absolute Gasteiger partial charge is 0.357 e. The normalized spacial score (nSPS) is 17.8. The van der Waals surface area contributed by atoms with Gasteiger partial charge in [-0.15, -0.1) is 0 Å². The smallest absolute Gasteiger partial charge is 0.255 e. The number of nitrogens with zero attached hydrogens (tertiary/aromatic N) is 3. The van der Waals surface area contributed by atoms with E-state index in [-0.39, 0.29) is 10.8 Å². The second-order valence-corrected chi connectivity index (χ2v) is 9.13. The van der Waals surface area contributed by atoms with Crippen LogP contribution in [0.3, 0.4) is 0 Å². The van der Waals surface area contributed by atoms with Crippen LogP contribution < -0.4 is 10.2 Å². The van der Waals surface area contributed by atoms with Crippen LogP contribution in [0.4, 0.5) is 11.5 Å². The zero-order valence-electron chi connectivity index (χ0n) is 15.7. The zero-order chi connectivity index (χ0) is 19.6. The molecular weight excluding hydrogens is 376 g/mol. The maximum atomic E-state index is 12.6. The van der Waals surface area contributed by atoms with Crippen molar-refractivity contribution >= 4 is 27.4 Å². The Kier molecular flexibility index (Phi) is 5.32. The SMILES string of the molecule is O=C(Nc1ccc(N2CCCC2)nc1)c1ccc(S(=O)(=O)N2CCCC2)cc1. The van der Waals surface area contributed by atoms with Gasteiger partial charge in [-0.2, -0.15) is 4.31 Å². The minimum Gasteiger partial charge on any atom is -0.357 e. The van der Waals surface area contributed by atoms with Crippen molar-refractivity contribution in [3.63, 3.8) is 0 Å². The van der Waals surface area contributed by atoms with E-state index in [1.165, 1.54) is 29.3 Å². The first-order chi connectivity index (χ1) is 13.5. The number of hydrogen-bond donors (Lipinski definition) is 1. The maximum absolute atomic E-state index is 12.6. The van der Waals surface area contributed by atoms with E-state index >= 15 is 0 Å². The first kappa shape index (κ1) is 18.9. The topological polar surface area (TPSA) is 82.6 Å². The Hall–Kier alpha value is -2.45. The molecule has 2 aliphatic heterocycles. The third-order valence-corrected chi connectivity index (χ3v) is 7.17. The lowest BCUT2D eigenvalue weighted by Crippen LogP contribution is -2.27. The molecule has 28 heavy (non-hydrogen) atoms. The summed E-state index contributed by atoms with van der Waals surface area (Å²) in [5.74, 6) is 0.632. The molecule has 0 unspecified atom stereocenters. The van der Waals surface area contributed by atoms with E-state index in [9.17, 15) is 13.2 Å². The molecule has 1 amide bonds. The van der Waals surface area contributed by atoms with Crippen LogP contribution in [-0.4, -0.2) is 49.8 Å². The molecule has 2 aromatic rings. The van der Waals surface area contributed by atoms with Crippen LogP contribution in [0.25, 0.3) is 0 Å². The Morgan fingerprint density at radius 2 is 1.54 bits per heavy atom. The van der Waals surface area contributed by atoms with Crippen LogP contribution in [0.5, 0.6) is 0 Å². The number of sulfonamides is 1. The van der Waals surface area contributed by atoms with Gasteiger partial charge < -0.3 is 10.2 Å². The van der Waals surface area contributed by atoms with E-state index in [1.54, 1.807) is 18.3 Å². The molecule has 148 valence electrons. The van der Waals surface area contributed by atoms with Crippen molar-refractivity contribution in [3.05, 3.63) is 48.2 Å². The molecule has 1 aromatic heterocycles. The van der Waals surface area contributed by atoms with Crippen molar-refractivity contribution in [3.8, 4) is 0 Å². The molecule has 0 bridgehead atoms. The average Bonchev–Trinajstić information content (AvgIpc) is 3.43. The van der Waals surface area contributed by atoms with E-state index in [0.29, 0.717) is 24.3 Å². The van der Waals surface area contributed by atoms with Crippen LogP contribution in [-0.2, 0) is 10.0 Å². The Morgan fingerprint density at radius 1 is 0.893 bits per heavy atom. The molecule has 1 N–H and O–H groups in total. The summed E-state index contributed by atoms with van der Waals surface area (Å²) in [5, 5.41) is 2.81. The second kappa shape index (κ2) is 7.89. The maximum Gasteiger partial charge on any atom is 0.255 e. The van der Waals surface area contributed by atoms with Gasteiger partial charge >= 0.3 is 0 Å². The summed E-state index contributed by atoms with van der Waals surface area (Å²) in [4.78, 5) is 19.3. The molecule has 7 nitrogen and oxygen atoms in total. The number of carbonyl (C=O) groups excluding carboxylic acids is 1. The highest BCUT2D eigenvalue weighted by Gasteiger charge is 2.27. The molecule has 0 aliphatic carbocycles. The molecule has 0 saturated carbocycles. The second-order valence-electron chi connectivity index (χ2n) is 7.19. The number of amides is 1. The molecule has 0 radical (unpaired) electrons. The molecule has 0 atom stereocenters. The van der Waals surface area contributed by atoms with E-state index < -0.39 is 10.0 Å². The molecule has 0 spiro atoms. The third kappa shape index (κ3) is 3.88. The van der Waals surface area contributed by atoms with Gasteiger partial charge in [-0.1, -0.05) is 0 Å². The van der Waals surface area contributed by atoms with Gasteiger partial charge in [0.15, 0.2) is 0 Å². The molecule has 4 rings (SSSR count). The van der Waals surface area contributed by atoms with Gasteiger partial charge in [0, 0.05) is 31.7 Å². The van der Waals surface area contributed by atoms with Crippen molar-refractivity contribution in [1.29, 1.82) is 0 Å². The van der Waals surface area contributed by atoms with Gasteiger partial charge in [-0.25, -0.2) is 13.4 Å². The molecule has 3 heterocycles. The van der Waals surface area contributed by atoms with E-state index in [4.69, 9.17) is 0 Å².